The average Bonchev–Trinajstić information content (AvgIpc) is 2.10. The van der Waals surface area contributed by atoms with Gasteiger partial charge in [0.05, 0.1) is 13.2 Å². The van der Waals surface area contributed by atoms with Crippen LogP contribution in [0.15, 0.2) is 12.7 Å². The second-order valence-corrected chi connectivity index (χ2v) is 3.28. The van der Waals surface area contributed by atoms with E-state index in [0.29, 0.717) is 19.6 Å². The van der Waals surface area contributed by atoms with Gasteiger partial charge in [-0.1, -0.05) is 19.9 Å². The zero-order valence-corrected chi connectivity index (χ0v) is 8.76. The highest BCUT2D eigenvalue weighted by molar-refractivity contribution is 4.63. The van der Waals surface area contributed by atoms with Gasteiger partial charge in [0.15, 0.2) is 0 Å². The fraction of sp³-hybridized carbons (Fsp3) is 0.800. The molecule has 0 unspecified atom stereocenters. The highest BCUT2D eigenvalue weighted by Gasteiger charge is 2.33. The highest BCUT2D eigenvalue weighted by Crippen LogP contribution is 2.25. The number of hydrogen-bond acceptors (Lipinski definition) is 2. The Bertz CT molecular complexity index is 158. The summed E-state index contributed by atoms with van der Waals surface area (Å²) in [5.74, 6) is -0.795. The molecule has 4 heteroatoms. The van der Waals surface area contributed by atoms with Crippen LogP contribution in [-0.4, -0.2) is 25.9 Å². The molecular formula is C10H18F2O2. The first kappa shape index (κ1) is 13.5. The van der Waals surface area contributed by atoms with Crippen LogP contribution in [0.3, 0.4) is 0 Å². The molecule has 0 aromatic rings. The van der Waals surface area contributed by atoms with Gasteiger partial charge < -0.3 is 9.47 Å². The predicted molar refractivity (Wildman–Crippen MR) is 51.4 cm³/mol. The van der Waals surface area contributed by atoms with E-state index in [1.54, 1.807) is 6.08 Å². The maximum atomic E-state index is 12.8. The molecule has 0 aromatic heterocycles. The third-order valence-corrected chi connectivity index (χ3v) is 1.64. The van der Waals surface area contributed by atoms with Gasteiger partial charge in [-0.15, -0.1) is 6.58 Å². The first-order valence-electron chi connectivity index (χ1n) is 4.71. The van der Waals surface area contributed by atoms with Crippen molar-refractivity contribution in [2.24, 2.45) is 5.92 Å². The molecule has 0 spiro atoms. The third-order valence-electron chi connectivity index (χ3n) is 1.64. The lowest BCUT2D eigenvalue weighted by Gasteiger charge is -2.20. The van der Waals surface area contributed by atoms with Gasteiger partial charge in [-0.3, -0.25) is 0 Å². The lowest BCUT2D eigenvalue weighted by Crippen LogP contribution is -2.28. The summed E-state index contributed by atoms with van der Waals surface area (Å²) in [4.78, 5) is 0. The minimum Gasteiger partial charge on any atom is -0.377 e. The van der Waals surface area contributed by atoms with E-state index >= 15 is 0 Å². The molecule has 0 aromatic carbocycles. The Labute approximate surface area is 83.9 Å². The Morgan fingerprint density at radius 1 is 1.36 bits per heavy atom. The molecule has 0 radical (unpaired) electrons. The standard InChI is InChI=1S/C10H18F2O2/c1-4-6-13-7-5-8-14-10(11,12)9(2)3/h4,9H,1,5-8H2,2-3H3. The average molecular weight is 208 g/mol. The summed E-state index contributed by atoms with van der Waals surface area (Å²) in [6.45, 7) is 7.19. The Hall–Kier alpha value is -0.480. The summed E-state index contributed by atoms with van der Waals surface area (Å²) < 4.78 is 35.1. The highest BCUT2D eigenvalue weighted by atomic mass is 19.3. The first-order chi connectivity index (χ1) is 6.50. The summed E-state index contributed by atoms with van der Waals surface area (Å²) in [5.41, 5.74) is 0. The number of hydrogen-bond donors (Lipinski definition) is 0. The van der Waals surface area contributed by atoms with E-state index in [1.165, 1.54) is 13.8 Å². The molecule has 0 aliphatic carbocycles. The van der Waals surface area contributed by atoms with Crippen LogP contribution in [0.1, 0.15) is 20.3 Å². The van der Waals surface area contributed by atoms with E-state index in [9.17, 15) is 8.78 Å². The van der Waals surface area contributed by atoms with Crippen LogP contribution in [0.5, 0.6) is 0 Å². The van der Waals surface area contributed by atoms with Crippen molar-refractivity contribution in [2.45, 2.75) is 26.4 Å². The molecular weight excluding hydrogens is 190 g/mol. The molecule has 0 saturated carbocycles. The van der Waals surface area contributed by atoms with Crippen molar-refractivity contribution < 1.29 is 18.3 Å². The molecule has 14 heavy (non-hydrogen) atoms. The topological polar surface area (TPSA) is 18.5 Å². The van der Waals surface area contributed by atoms with Crippen LogP contribution < -0.4 is 0 Å². The van der Waals surface area contributed by atoms with Crippen molar-refractivity contribution in [2.75, 3.05) is 19.8 Å². The SMILES string of the molecule is C=CCOCCCOC(F)(F)C(C)C. The molecule has 0 amide bonds. The molecule has 0 aliphatic rings. The molecule has 0 atom stereocenters. The van der Waals surface area contributed by atoms with Gasteiger partial charge in [-0.05, 0) is 6.42 Å². The van der Waals surface area contributed by atoms with Crippen molar-refractivity contribution in [1.82, 2.24) is 0 Å². The van der Waals surface area contributed by atoms with Gasteiger partial charge in [-0.25, -0.2) is 0 Å². The maximum Gasteiger partial charge on any atom is 0.357 e. The minimum atomic E-state index is -3.03. The van der Waals surface area contributed by atoms with Crippen LogP contribution in [0, 0.1) is 5.92 Å². The van der Waals surface area contributed by atoms with E-state index in [-0.39, 0.29) is 6.61 Å². The van der Waals surface area contributed by atoms with E-state index in [1.807, 2.05) is 0 Å². The van der Waals surface area contributed by atoms with Crippen LogP contribution in [0.25, 0.3) is 0 Å². The zero-order chi connectivity index (χ0) is 11.0. The Morgan fingerprint density at radius 3 is 2.50 bits per heavy atom. The molecule has 84 valence electrons. The molecule has 0 fully saturated rings. The zero-order valence-electron chi connectivity index (χ0n) is 8.76. The number of ether oxygens (including phenoxy) is 2. The summed E-state index contributed by atoms with van der Waals surface area (Å²) in [5, 5.41) is 0. The van der Waals surface area contributed by atoms with Crippen LogP contribution in [-0.2, 0) is 9.47 Å². The van der Waals surface area contributed by atoms with Crippen LogP contribution in [0.2, 0.25) is 0 Å². The van der Waals surface area contributed by atoms with Gasteiger partial charge in [0, 0.05) is 12.5 Å². The smallest absolute Gasteiger partial charge is 0.357 e. The molecule has 0 bridgehead atoms. The molecule has 0 N–H and O–H groups in total. The number of halogens is 2. The summed E-state index contributed by atoms with van der Waals surface area (Å²) in [6.07, 6.45) is -0.946. The van der Waals surface area contributed by atoms with Crippen molar-refractivity contribution in [3.8, 4) is 0 Å². The molecule has 2 nitrogen and oxygen atoms in total. The fourth-order valence-corrected chi connectivity index (χ4v) is 0.703. The lowest BCUT2D eigenvalue weighted by molar-refractivity contribution is -0.265. The van der Waals surface area contributed by atoms with Crippen LogP contribution in [0.4, 0.5) is 8.78 Å². The maximum absolute atomic E-state index is 12.8. The summed E-state index contributed by atoms with van der Waals surface area (Å²) >= 11 is 0. The van der Waals surface area contributed by atoms with E-state index in [4.69, 9.17) is 4.74 Å². The second kappa shape index (κ2) is 6.90. The van der Waals surface area contributed by atoms with Gasteiger partial charge in [0.1, 0.15) is 0 Å². The lowest BCUT2D eigenvalue weighted by atomic mass is 10.2. The Morgan fingerprint density at radius 2 is 2.00 bits per heavy atom. The normalized spacial score (nSPS) is 12.1. The monoisotopic (exact) mass is 208 g/mol. The number of alkyl halides is 2. The van der Waals surface area contributed by atoms with E-state index < -0.39 is 12.0 Å². The van der Waals surface area contributed by atoms with E-state index in [0.717, 1.165) is 0 Å². The number of rotatable bonds is 8. The largest absolute Gasteiger partial charge is 0.377 e. The summed E-state index contributed by atoms with van der Waals surface area (Å²) in [7, 11) is 0. The van der Waals surface area contributed by atoms with Gasteiger partial charge in [0.2, 0.25) is 0 Å². The summed E-state index contributed by atoms with van der Waals surface area (Å²) in [6, 6.07) is 0. The van der Waals surface area contributed by atoms with E-state index in [2.05, 4.69) is 11.3 Å². The molecule has 0 heterocycles. The predicted octanol–water partition coefficient (Wildman–Crippen LogP) is 2.84. The van der Waals surface area contributed by atoms with Crippen LogP contribution >= 0.6 is 0 Å². The second-order valence-electron chi connectivity index (χ2n) is 3.28. The Kier molecular flexibility index (Phi) is 6.66. The van der Waals surface area contributed by atoms with Gasteiger partial charge in [0.25, 0.3) is 0 Å². The van der Waals surface area contributed by atoms with Crippen molar-refractivity contribution in [3.05, 3.63) is 12.7 Å². The molecule has 0 aliphatic heterocycles. The van der Waals surface area contributed by atoms with Crippen molar-refractivity contribution in [3.63, 3.8) is 0 Å². The first-order valence-corrected chi connectivity index (χ1v) is 4.71. The molecule has 0 saturated heterocycles. The van der Waals surface area contributed by atoms with Gasteiger partial charge in [-0.2, -0.15) is 8.78 Å². The minimum absolute atomic E-state index is 0.0162. The Balaban J connectivity index is 3.39. The molecule has 0 rings (SSSR count). The van der Waals surface area contributed by atoms with Crippen molar-refractivity contribution in [1.29, 1.82) is 0 Å². The quantitative estimate of drug-likeness (QED) is 0.451. The van der Waals surface area contributed by atoms with Gasteiger partial charge >= 0.3 is 6.11 Å². The fourth-order valence-electron chi connectivity index (χ4n) is 0.703. The van der Waals surface area contributed by atoms with Crippen molar-refractivity contribution >= 4 is 0 Å². The third kappa shape index (κ3) is 6.05.